The summed E-state index contributed by atoms with van der Waals surface area (Å²) in [6, 6.07) is 14.9. The maximum Gasteiger partial charge on any atom is 0.119 e. The van der Waals surface area contributed by atoms with Gasteiger partial charge in [-0.05, 0) is 53.3 Å². The van der Waals surface area contributed by atoms with Gasteiger partial charge in [-0.3, -0.25) is 0 Å². The number of hydrogen-bond donors (Lipinski definition) is 0. The van der Waals surface area contributed by atoms with Crippen LogP contribution in [0.5, 0.6) is 11.5 Å². The Labute approximate surface area is 120 Å². The summed E-state index contributed by atoms with van der Waals surface area (Å²) in [5.41, 5.74) is 4.21. The lowest BCUT2D eigenvalue weighted by molar-refractivity contribution is 0.414. The van der Waals surface area contributed by atoms with Gasteiger partial charge >= 0.3 is 0 Å². The summed E-state index contributed by atoms with van der Waals surface area (Å²) in [6.07, 6.45) is 1.16. The summed E-state index contributed by atoms with van der Waals surface area (Å²) in [7, 11) is 3.43. The zero-order valence-electron chi connectivity index (χ0n) is 12.2. The van der Waals surface area contributed by atoms with E-state index < -0.39 is 0 Å². The lowest BCUT2D eigenvalue weighted by Gasteiger charge is -2.13. The monoisotopic (exact) mass is 268 g/mol. The molecule has 0 aliphatic heterocycles. The Hall–Kier alpha value is -1.96. The van der Waals surface area contributed by atoms with Crippen molar-refractivity contribution in [3.8, 4) is 11.5 Å². The third kappa shape index (κ3) is 2.15. The molecule has 0 aromatic heterocycles. The maximum absolute atomic E-state index is 5.38. The first-order valence-corrected chi connectivity index (χ1v) is 7.04. The highest BCUT2D eigenvalue weighted by Gasteiger charge is 2.29. The third-order valence-electron chi connectivity index (χ3n) is 4.31. The lowest BCUT2D eigenvalue weighted by Crippen LogP contribution is -1.97. The molecule has 2 atom stereocenters. The van der Waals surface area contributed by atoms with E-state index in [0.29, 0.717) is 11.8 Å². The Bertz CT molecular complexity index is 601. The number of rotatable bonds is 3. The second kappa shape index (κ2) is 5.20. The summed E-state index contributed by atoms with van der Waals surface area (Å²) in [4.78, 5) is 0. The predicted molar refractivity (Wildman–Crippen MR) is 80.9 cm³/mol. The van der Waals surface area contributed by atoms with Gasteiger partial charge in [0, 0.05) is 5.92 Å². The second-order valence-corrected chi connectivity index (χ2v) is 5.46. The van der Waals surface area contributed by atoms with E-state index in [1.165, 1.54) is 16.7 Å². The molecule has 2 aromatic carbocycles. The quantitative estimate of drug-likeness (QED) is 0.824. The van der Waals surface area contributed by atoms with Gasteiger partial charge < -0.3 is 9.47 Å². The van der Waals surface area contributed by atoms with Crippen molar-refractivity contribution in [1.29, 1.82) is 0 Å². The molecule has 1 aliphatic rings. The molecule has 104 valence electrons. The van der Waals surface area contributed by atoms with Gasteiger partial charge in [0.25, 0.3) is 0 Å². The van der Waals surface area contributed by atoms with Crippen molar-refractivity contribution in [2.24, 2.45) is 0 Å². The molecule has 0 unspecified atom stereocenters. The van der Waals surface area contributed by atoms with Gasteiger partial charge in [0.05, 0.1) is 14.2 Å². The molecule has 2 nitrogen and oxygen atoms in total. The smallest absolute Gasteiger partial charge is 0.119 e. The van der Waals surface area contributed by atoms with Crippen molar-refractivity contribution in [2.45, 2.75) is 25.2 Å². The molecule has 20 heavy (non-hydrogen) atoms. The lowest BCUT2D eigenvalue weighted by atomic mass is 9.92. The first-order valence-electron chi connectivity index (χ1n) is 7.04. The molecule has 1 aliphatic carbocycles. The SMILES string of the molecule is COc1ccc([C@@H]2C[C@H](C)c3ccc(OC)cc32)cc1. The third-order valence-corrected chi connectivity index (χ3v) is 4.31. The van der Waals surface area contributed by atoms with E-state index in [1.54, 1.807) is 14.2 Å². The van der Waals surface area contributed by atoms with Crippen LogP contribution in [0.2, 0.25) is 0 Å². The molecule has 0 bridgehead atoms. The molecule has 0 amide bonds. The first kappa shape index (κ1) is 13.0. The number of benzene rings is 2. The van der Waals surface area contributed by atoms with E-state index in [4.69, 9.17) is 9.47 Å². The zero-order valence-corrected chi connectivity index (χ0v) is 12.2. The largest absolute Gasteiger partial charge is 0.497 e. The van der Waals surface area contributed by atoms with Crippen LogP contribution in [-0.4, -0.2) is 14.2 Å². The van der Waals surface area contributed by atoms with Crippen molar-refractivity contribution >= 4 is 0 Å². The molecule has 0 radical (unpaired) electrons. The van der Waals surface area contributed by atoms with Crippen LogP contribution in [0.25, 0.3) is 0 Å². The fraction of sp³-hybridized carbons (Fsp3) is 0.333. The van der Waals surface area contributed by atoms with Crippen LogP contribution in [0.1, 0.15) is 41.9 Å². The van der Waals surface area contributed by atoms with Crippen LogP contribution in [0.15, 0.2) is 42.5 Å². The van der Waals surface area contributed by atoms with Crippen molar-refractivity contribution in [3.63, 3.8) is 0 Å². The van der Waals surface area contributed by atoms with Crippen molar-refractivity contribution < 1.29 is 9.47 Å². The Balaban J connectivity index is 2.00. The highest BCUT2D eigenvalue weighted by atomic mass is 16.5. The normalized spacial score (nSPS) is 20.6. The highest BCUT2D eigenvalue weighted by molar-refractivity contribution is 5.48. The topological polar surface area (TPSA) is 18.5 Å². The molecule has 0 saturated carbocycles. The van der Waals surface area contributed by atoms with E-state index in [1.807, 2.05) is 12.1 Å². The van der Waals surface area contributed by atoms with Gasteiger partial charge in [0.2, 0.25) is 0 Å². The van der Waals surface area contributed by atoms with Crippen LogP contribution in [-0.2, 0) is 0 Å². The minimum absolute atomic E-state index is 0.459. The molecular weight excluding hydrogens is 248 g/mol. The summed E-state index contributed by atoms with van der Waals surface area (Å²) in [6.45, 7) is 2.30. The van der Waals surface area contributed by atoms with Crippen LogP contribution < -0.4 is 9.47 Å². The number of ether oxygens (including phenoxy) is 2. The van der Waals surface area contributed by atoms with Gasteiger partial charge in [-0.1, -0.05) is 25.1 Å². The van der Waals surface area contributed by atoms with E-state index in [0.717, 1.165) is 17.9 Å². The molecule has 0 spiro atoms. The molecule has 0 saturated heterocycles. The van der Waals surface area contributed by atoms with Gasteiger partial charge in [0.1, 0.15) is 11.5 Å². The Morgan fingerprint density at radius 2 is 1.50 bits per heavy atom. The molecule has 0 N–H and O–H groups in total. The average molecular weight is 268 g/mol. The Morgan fingerprint density at radius 3 is 2.15 bits per heavy atom. The molecule has 2 aromatic rings. The molecule has 0 fully saturated rings. The molecule has 0 heterocycles. The van der Waals surface area contributed by atoms with E-state index in [-0.39, 0.29) is 0 Å². The number of fused-ring (bicyclic) bond motifs is 1. The van der Waals surface area contributed by atoms with E-state index >= 15 is 0 Å². The Morgan fingerprint density at radius 1 is 0.850 bits per heavy atom. The van der Waals surface area contributed by atoms with Gasteiger partial charge in [-0.25, -0.2) is 0 Å². The zero-order chi connectivity index (χ0) is 14.1. The standard InChI is InChI=1S/C18H20O2/c1-12-10-17(13-4-6-14(19-2)7-5-13)18-11-15(20-3)8-9-16(12)18/h4-9,11-12,17H,10H2,1-3H3/t12-,17-/m0/s1. The first-order chi connectivity index (χ1) is 9.72. The Kier molecular flexibility index (Phi) is 3.39. The molecule has 2 heteroatoms. The van der Waals surface area contributed by atoms with Crippen LogP contribution >= 0.6 is 0 Å². The van der Waals surface area contributed by atoms with Crippen LogP contribution in [0.3, 0.4) is 0 Å². The van der Waals surface area contributed by atoms with Crippen molar-refractivity contribution in [1.82, 2.24) is 0 Å². The van der Waals surface area contributed by atoms with Crippen LogP contribution in [0.4, 0.5) is 0 Å². The summed E-state index contributed by atoms with van der Waals surface area (Å²) in [5, 5.41) is 0. The minimum atomic E-state index is 0.459. The maximum atomic E-state index is 5.38. The van der Waals surface area contributed by atoms with E-state index in [2.05, 4.69) is 37.3 Å². The van der Waals surface area contributed by atoms with Gasteiger partial charge in [-0.15, -0.1) is 0 Å². The van der Waals surface area contributed by atoms with E-state index in [9.17, 15) is 0 Å². The summed E-state index contributed by atoms with van der Waals surface area (Å²) < 4.78 is 10.6. The average Bonchev–Trinajstić information content (AvgIpc) is 2.84. The van der Waals surface area contributed by atoms with Crippen molar-refractivity contribution in [3.05, 3.63) is 59.2 Å². The summed E-state index contributed by atoms with van der Waals surface area (Å²) in [5.74, 6) is 2.91. The van der Waals surface area contributed by atoms with Gasteiger partial charge in [0.15, 0.2) is 0 Å². The minimum Gasteiger partial charge on any atom is -0.497 e. The molecule has 3 rings (SSSR count). The van der Waals surface area contributed by atoms with Crippen molar-refractivity contribution in [2.75, 3.05) is 14.2 Å². The van der Waals surface area contributed by atoms with Gasteiger partial charge in [-0.2, -0.15) is 0 Å². The molecular formula is C18H20O2. The fourth-order valence-electron chi connectivity index (χ4n) is 3.19. The van der Waals surface area contributed by atoms with Crippen LogP contribution in [0, 0.1) is 0 Å². The second-order valence-electron chi connectivity index (χ2n) is 5.46. The fourth-order valence-corrected chi connectivity index (χ4v) is 3.19. The highest BCUT2D eigenvalue weighted by Crippen LogP contribution is 2.46. The summed E-state index contributed by atoms with van der Waals surface area (Å²) >= 11 is 0. The predicted octanol–water partition coefficient (Wildman–Crippen LogP) is 4.34. The number of hydrogen-bond acceptors (Lipinski definition) is 2. The number of methoxy groups -OCH3 is 2.